The van der Waals surface area contributed by atoms with Gasteiger partial charge in [-0.25, -0.2) is 0 Å². The van der Waals surface area contributed by atoms with Crippen molar-refractivity contribution in [2.24, 2.45) is 0 Å². The molecule has 0 aliphatic carbocycles. The summed E-state index contributed by atoms with van der Waals surface area (Å²) in [6.45, 7) is 5.53. The van der Waals surface area contributed by atoms with E-state index < -0.39 is 0 Å². The van der Waals surface area contributed by atoms with E-state index >= 15 is 0 Å². The number of hydrogen-bond acceptors (Lipinski definition) is 6. The van der Waals surface area contributed by atoms with Gasteiger partial charge in [0, 0.05) is 19.6 Å². The van der Waals surface area contributed by atoms with Crippen LogP contribution >= 0.6 is 0 Å². The highest BCUT2D eigenvalue weighted by molar-refractivity contribution is 5.77. The number of ether oxygens (including phenoxy) is 1. The summed E-state index contributed by atoms with van der Waals surface area (Å²) < 4.78 is 10.7. The summed E-state index contributed by atoms with van der Waals surface area (Å²) >= 11 is 0. The molecule has 1 aromatic carbocycles. The zero-order chi connectivity index (χ0) is 16.8. The molecule has 1 amide bonds. The van der Waals surface area contributed by atoms with Gasteiger partial charge < -0.3 is 14.6 Å². The fraction of sp³-hybridized carbons (Fsp3) is 0.471. The molecule has 24 heavy (non-hydrogen) atoms. The van der Waals surface area contributed by atoms with E-state index in [0.29, 0.717) is 31.4 Å². The van der Waals surface area contributed by atoms with Crippen LogP contribution < -0.4 is 5.32 Å². The predicted octanol–water partition coefficient (Wildman–Crippen LogP) is 1.15. The third kappa shape index (κ3) is 4.87. The summed E-state index contributed by atoms with van der Waals surface area (Å²) in [5.41, 5.74) is 1.06. The first-order valence-electron chi connectivity index (χ1n) is 8.15. The molecule has 128 valence electrons. The Morgan fingerprint density at radius 3 is 3.00 bits per heavy atom. The number of carbonyl (C=O) groups is 1. The highest BCUT2D eigenvalue weighted by Crippen LogP contribution is 2.09. The van der Waals surface area contributed by atoms with E-state index in [0.717, 1.165) is 18.7 Å². The van der Waals surface area contributed by atoms with Gasteiger partial charge in [0.25, 0.3) is 0 Å². The molecule has 7 heteroatoms. The van der Waals surface area contributed by atoms with Crippen molar-refractivity contribution in [2.75, 3.05) is 19.7 Å². The normalized spacial score (nSPS) is 18.5. The van der Waals surface area contributed by atoms with Gasteiger partial charge in [0.05, 0.1) is 25.7 Å². The lowest BCUT2D eigenvalue weighted by atomic mass is 10.2. The second kappa shape index (κ2) is 8.03. The van der Waals surface area contributed by atoms with Crippen LogP contribution in [0, 0.1) is 0 Å². The van der Waals surface area contributed by atoms with Gasteiger partial charge in [-0.15, -0.1) is 0 Å². The van der Waals surface area contributed by atoms with Gasteiger partial charge in [0.1, 0.15) is 0 Å². The van der Waals surface area contributed by atoms with E-state index in [1.54, 1.807) is 0 Å². The number of nitrogens with zero attached hydrogens (tertiary/aromatic N) is 3. The molecule has 1 aliphatic rings. The molecule has 7 nitrogen and oxygen atoms in total. The van der Waals surface area contributed by atoms with Crippen molar-refractivity contribution < 1.29 is 14.1 Å². The summed E-state index contributed by atoms with van der Waals surface area (Å²) in [4.78, 5) is 18.5. The monoisotopic (exact) mass is 330 g/mol. The fourth-order valence-electron chi connectivity index (χ4n) is 2.65. The first kappa shape index (κ1) is 16.6. The third-order valence-electron chi connectivity index (χ3n) is 3.85. The molecule has 2 aromatic rings. The minimum absolute atomic E-state index is 0.119. The van der Waals surface area contributed by atoms with Gasteiger partial charge in [-0.3, -0.25) is 9.69 Å². The molecule has 3 rings (SSSR count). The standard InChI is InChI=1S/C17H22N4O3/c1-13-11-21(7-8-23-13)12-17-19-15(20-24-17)9-16(22)18-10-14-5-3-2-4-6-14/h2-6,13H,7-12H2,1H3,(H,18,22)/t13-/m0/s1. The maximum Gasteiger partial charge on any atom is 0.240 e. The van der Waals surface area contributed by atoms with Gasteiger partial charge in [-0.2, -0.15) is 4.98 Å². The average Bonchev–Trinajstić information content (AvgIpc) is 3.01. The Bertz CT molecular complexity index is 659. The van der Waals surface area contributed by atoms with Gasteiger partial charge in [-0.1, -0.05) is 35.5 Å². The molecule has 1 saturated heterocycles. The first-order valence-corrected chi connectivity index (χ1v) is 8.15. The second-order valence-electron chi connectivity index (χ2n) is 5.96. The van der Waals surface area contributed by atoms with Crippen LogP contribution in [0.3, 0.4) is 0 Å². The smallest absolute Gasteiger partial charge is 0.240 e. The number of hydrogen-bond donors (Lipinski definition) is 1. The summed E-state index contributed by atoms with van der Waals surface area (Å²) in [6, 6.07) is 9.77. The van der Waals surface area contributed by atoms with Crippen LogP contribution in [0.1, 0.15) is 24.2 Å². The van der Waals surface area contributed by atoms with Crippen molar-refractivity contribution in [1.29, 1.82) is 0 Å². The zero-order valence-corrected chi connectivity index (χ0v) is 13.8. The Labute approximate surface area is 141 Å². The average molecular weight is 330 g/mol. The topological polar surface area (TPSA) is 80.5 Å². The van der Waals surface area contributed by atoms with Gasteiger partial charge in [-0.05, 0) is 12.5 Å². The Morgan fingerprint density at radius 2 is 2.21 bits per heavy atom. The summed E-state index contributed by atoms with van der Waals surface area (Å²) in [6.07, 6.45) is 0.334. The van der Waals surface area contributed by atoms with Gasteiger partial charge in [0.2, 0.25) is 11.8 Å². The molecule has 1 atom stereocenters. The first-order chi connectivity index (χ1) is 11.7. The summed E-state index contributed by atoms with van der Waals surface area (Å²) in [5, 5.41) is 6.75. The van der Waals surface area contributed by atoms with E-state index in [9.17, 15) is 4.79 Å². The quantitative estimate of drug-likeness (QED) is 0.856. The van der Waals surface area contributed by atoms with Crippen LogP contribution in [-0.2, 0) is 29.0 Å². The molecule has 1 fully saturated rings. The Morgan fingerprint density at radius 1 is 1.38 bits per heavy atom. The highest BCUT2D eigenvalue weighted by Gasteiger charge is 2.19. The second-order valence-corrected chi connectivity index (χ2v) is 5.96. The lowest BCUT2D eigenvalue weighted by Crippen LogP contribution is -2.40. The Balaban J connectivity index is 1.46. The number of amides is 1. The van der Waals surface area contributed by atoms with E-state index in [1.165, 1.54) is 0 Å². The van der Waals surface area contributed by atoms with Gasteiger partial charge in [0.15, 0.2) is 5.82 Å². The number of rotatable bonds is 6. The molecule has 0 radical (unpaired) electrons. The number of carbonyl (C=O) groups excluding carboxylic acids is 1. The molecule has 0 unspecified atom stereocenters. The molecule has 0 bridgehead atoms. The van der Waals surface area contributed by atoms with Gasteiger partial charge >= 0.3 is 0 Å². The van der Waals surface area contributed by atoms with Crippen LogP contribution in [-0.4, -0.2) is 46.7 Å². The summed E-state index contributed by atoms with van der Waals surface area (Å²) in [5.74, 6) is 0.832. The molecule has 0 spiro atoms. The molecule has 2 heterocycles. The van der Waals surface area contributed by atoms with Crippen molar-refractivity contribution >= 4 is 5.91 Å². The van der Waals surface area contributed by atoms with E-state index in [4.69, 9.17) is 9.26 Å². The number of benzene rings is 1. The molecular formula is C17H22N4O3. The zero-order valence-electron chi connectivity index (χ0n) is 13.8. The van der Waals surface area contributed by atoms with Crippen molar-refractivity contribution in [3.05, 3.63) is 47.6 Å². The van der Waals surface area contributed by atoms with Crippen LogP contribution in [0.25, 0.3) is 0 Å². The molecule has 1 N–H and O–H groups in total. The minimum atomic E-state index is -0.119. The summed E-state index contributed by atoms with van der Waals surface area (Å²) in [7, 11) is 0. The minimum Gasteiger partial charge on any atom is -0.376 e. The van der Waals surface area contributed by atoms with Crippen LogP contribution in [0.15, 0.2) is 34.9 Å². The largest absolute Gasteiger partial charge is 0.376 e. The van der Waals surface area contributed by atoms with E-state index in [-0.39, 0.29) is 18.4 Å². The van der Waals surface area contributed by atoms with Crippen LogP contribution in [0.5, 0.6) is 0 Å². The van der Waals surface area contributed by atoms with Crippen molar-refractivity contribution in [2.45, 2.75) is 32.5 Å². The third-order valence-corrected chi connectivity index (χ3v) is 3.85. The Hall–Kier alpha value is -2.25. The maximum absolute atomic E-state index is 12.0. The predicted molar refractivity (Wildman–Crippen MR) is 87.0 cm³/mol. The molecule has 1 aromatic heterocycles. The maximum atomic E-state index is 12.0. The molecule has 0 saturated carbocycles. The highest BCUT2D eigenvalue weighted by atomic mass is 16.5. The SMILES string of the molecule is C[C@H]1CN(Cc2nc(CC(=O)NCc3ccccc3)no2)CCO1. The number of aromatic nitrogens is 2. The van der Waals surface area contributed by atoms with Crippen LogP contribution in [0.4, 0.5) is 0 Å². The Kier molecular flexibility index (Phi) is 5.55. The van der Waals surface area contributed by atoms with Crippen LogP contribution in [0.2, 0.25) is 0 Å². The number of nitrogens with one attached hydrogen (secondary N) is 1. The molecule has 1 aliphatic heterocycles. The van der Waals surface area contributed by atoms with Crippen molar-refractivity contribution in [3.8, 4) is 0 Å². The van der Waals surface area contributed by atoms with E-state index in [1.807, 2.05) is 37.3 Å². The van der Waals surface area contributed by atoms with Crippen molar-refractivity contribution in [3.63, 3.8) is 0 Å². The van der Waals surface area contributed by atoms with Crippen molar-refractivity contribution in [1.82, 2.24) is 20.4 Å². The lowest BCUT2D eigenvalue weighted by molar-refractivity contribution is -0.120. The molecular weight excluding hydrogens is 308 g/mol. The fourth-order valence-corrected chi connectivity index (χ4v) is 2.65. The van der Waals surface area contributed by atoms with E-state index in [2.05, 4.69) is 20.4 Å². The lowest BCUT2D eigenvalue weighted by Gasteiger charge is -2.29. The number of morpholine rings is 1.